The zero-order valence-corrected chi connectivity index (χ0v) is 15.4. The molecule has 2 nitrogen and oxygen atoms in total. The Kier molecular flexibility index (Phi) is 8.18. The van der Waals surface area contributed by atoms with Crippen molar-refractivity contribution in [3.8, 4) is 5.75 Å². The van der Waals surface area contributed by atoms with Crippen LogP contribution in [0.3, 0.4) is 0 Å². The normalized spacial score (nSPS) is 13.3. The van der Waals surface area contributed by atoms with Crippen molar-refractivity contribution in [2.75, 3.05) is 13.7 Å². The summed E-state index contributed by atoms with van der Waals surface area (Å²) in [5.74, 6) is 0.679. The smallest absolute Gasteiger partial charge is 0.124 e. The summed E-state index contributed by atoms with van der Waals surface area (Å²) in [6.45, 7) is 5.87. The van der Waals surface area contributed by atoms with Crippen molar-refractivity contribution in [2.24, 2.45) is 0 Å². The lowest BCUT2D eigenvalue weighted by Crippen LogP contribution is -1.91. The van der Waals surface area contributed by atoms with Crippen molar-refractivity contribution in [1.82, 2.24) is 0 Å². The monoisotopic (exact) mass is 352 g/mol. The molecule has 0 fully saturated rings. The number of allylic oxidation sites excluding steroid dienone is 6. The second-order valence-electron chi connectivity index (χ2n) is 5.15. The molecule has 0 amide bonds. The van der Waals surface area contributed by atoms with E-state index < -0.39 is 0 Å². The van der Waals surface area contributed by atoms with Gasteiger partial charge >= 0.3 is 0 Å². The number of ether oxygens (including phenoxy) is 1. The third kappa shape index (κ3) is 5.91. The van der Waals surface area contributed by atoms with Gasteiger partial charge in [0.05, 0.1) is 23.8 Å². The molecule has 1 aromatic rings. The van der Waals surface area contributed by atoms with Gasteiger partial charge in [-0.15, -0.1) is 0 Å². The first kappa shape index (κ1) is 19.6. The molecular weight excluding hydrogens is 331 g/mol. The van der Waals surface area contributed by atoms with Gasteiger partial charge < -0.3 is 9.84 Å². The SMILES string of the molecule is COc1cc(Cl)c(/C=C/C(C)=C/C=C/C(C)=C/CO)c(Cl)c1C. The Morgan fingerprint density at radius 3 is 2.52 bits per heavy atom. The summed E-state index contributed by atoms with van der Waals surface area (Å²) in [6, 6.07) is 1.77. The number of methoxy groups -OCH3 is 1. The second kappa shape index (κ2) is 9.61. The lowest BCUT2D eigenvalue weighted by atomic mass is 10.1. The first-order valence-electron chi connectivity index (χ1n) is 7.24. The fourth-order valence-corrected chi connectivity index (χ4v) is 2.48. The molecule has 0 aliphatic rings. The molecule has 23 heavy (non-hydrogen) atoms. The van der Waals surface area contributed by atoms with Crippen molar-refractivity contribution in [3.05, 3.63) is 68.8 Å². The van der Waals surface area contributed by atoms with E-state index in [9.17, 15) is 0 Å². The molecule has 0 unspecified atom stereocenters. The number of benzene rings is 1. The van der Waals surface area contributed by atoms with E-state index in [0.717, 1.165) is 22.3 Å². The van der Waals surface area contributed by atoms with Gasteiger partial charge in [-0.2, -0.15) is 0 Å². The molecule has 0 spiro atoms. The Morgan fingerprint density at radius 1 is 1.22 bits per heavy atom. The predicted octanol–water partition coefficient (Wildman–Crippen LogP) is 5.76. The van der Waals surface area contributed by atoms with Gasteiger partial charge in [0, 0.05) is 11.1 Å². The summed E-state index contributed by atoms with van der Waals surface area (Å²) in [5, 5.41) is 9.94. The summed E-state index contributed by atoms with van der Waals surface area (Å²) in [4.78, 5) is 0. The van der Waals surface area contributed by atoms with Gasteiger partial charge in [-0.05, 0) is 26.8 Å². The second-order valence-corrected chi connectivity index (χ2v) is 5.93. The molecule has 0 radical (unpaired) electrons. The molecule has 0 atom stereocenters. The van der Waals surface area contributed by atoms with Gasteiger partial charge in [-0.25, -0.2) is 0 Å². The lowest BCUT2D eigenvalue weighted by Gasteiger charge is -2.10. The van der Waals surface area contributed by atoms with Crippen molar-refractivity contribution in [2.45, 2.75) is 20.8 Å². The van der Waals surface area contributed by atoms with Crippen LogP contribution in [0, 0.1) is 6.92 Å². The molecule has 124 valence electrons. The van der Waals surface area contributed by atoms with E-state index in [0.29, 0.717) is 15.8 Å². The predicted molar refractivity (Wildman–Crippen MR) is 101 cm³/mol. The topological polar surface area (TPSA) is 29.5 Å². The number of aliphatic hydroxyl groups excluding tert-OH is 1. The van der Waals surface area contributed by atoms with E-state index in [1.807, 2.05) is 51.2 Å². The highest BCUT2D eigenvalue weighted by molar-refractivity contribution is 6.37. The summed E-state index contributed by atoms with van der Waals surface area (Å²) < 4.78 is 5.25. The highest BCUT2D eigenvalue weighted by atomic mass is 35.5. The van der Waals surface area contributed by atoms with E-state index in [2.05, 4.69) is 0 Å². The van der Waals surface area contributed by atoms with Gasteiger partial charge in [0.2, 0.25) is 0 Å². The molecule has 1 N–H and O–H groups in total. The van der Waals surface area contributed by atoms with Crippen molar-refractivity contribution in [3.63, 3.8) is 0 Å². The largest absolute Gasteiger partial charge is 0.496 e. The van der Waals surface area contributed by atoms with Gasteiger partial charge in [0.15, 0.2) is 0 Å². The highest BCUT2D eigenvalue weighted by Crippen LogP contribution is 2.35. The van der Waals surface area contributed by atoms with Crippen molar-refractivity contribution < 1.29 is 9.84 Å². The minimum atomic E-state index is 0.0482. The van der Waals surface area contributed by atoms with E-state index >= 15 is 0 Å². The van der Waals surface area contributed by atoms with E-state index in [4.69, 9.17) is 33.0 Å². The van der Waals surface area contributed by atoms with E-state index in [1.54, 1.807) is 19.3 Å². The minimum Gasteiger partial charge on any atom is -0.496 e. The Morgan fingerprint density at radius 2 is 1.91 bits per heavy atom. The third-order valence-corrected chi connectivity index (χ3v) is 4.11. The maximum atomic E-state index is 8.80. The summed E-state index contributed by atoms with van der Waals surface area (Å²) in [6.07, 6.45) is 11.4. The zero-order chi connectivity index (χ0) is 17.4. The fraction of sp³-hybridized carbons (Fsp3) is 0.263. The molecule has 0 heterocycles. The molecule has 0 saturated carbocycles. The average Bonchev–Trinajstić information content (AvgIpc) is 2.51. The number of hydrogen-bond acceptors (Lipinski definition) is 2. The highest BCUT2D eigenvalue weighted by Gasteiger charge is 2.11. The van der Waals surface area contributed by atoms with Gasteiger partial charge in [0.25, 0.3) is 0 Å². The van der Waals surface area contributed by atoms with Gasteiger partial charge in [-0.1, -0.05) is 70.8 Å². The maximum Gasteiger partial charge on any atom is 0.124 e. The Labute approximate surface area is 148 Å². The minimum absolute atomic E-state index is 0.0482. The Hall–Kier alpha value is -1.48. The summed E-state index contributed by atoms with van der Waals surface area (Å²) >= 11 is 12.6. The molecule has 1 rings (SSSR count). The van der Waals surface area contributed by atoms with Crippen molar-refractivity contribution >= 4 is 29.3 Å². The van der Waals surface area contributed by atoms with Gasteiger partial charge in [0.1, 0.15) is 5.75 Å². The van der Waals surface area contributed by atoms with Crippen LogP contribution in [-0.4, -0.2) is 18.8 Å². The molecule has 0 saturated heterocycles. The molecule has 0 aliphatic heterocycles. The van der Waals surface area contributed by atoms with Crippen LogP contribution in [0.4, 0.5) is 0 Å². The van der Waals surface area contributed by atoms with Crippen LogP contribution in [0.1, 0.15) is 25.0 Å². The van der Waals surface area contributed by atoms with E-state index in [1.165, 1.54) is 0 Å². The van der Waals surface area contributed by atoms with Crippen LogP contribution in [-0.2, 0) is 0 Å². The van der Waals surface area contributed by atoms with Crippen LogP contribution in [0.2, 0.25) is 10.0 Å². The fourth-order valence-electron chi connectivity index (χ4n) is 1.91. The van der Waals surface area contributed by atoms with Crippen LogP contribution in [0.5, 0.6) is 5.75 Å². The van der Waals surface area contributed by atoms with Crippen LogP contribution >= 0.6 is 23.2 Å². The third-order valence-electron chi connectivity index (χ3n) is 3.31. The lowest BCUT2D eigenvalue weighted by molar-refractivity contribution is 0.342. The number of hydrogen-bond donors (Lipinski definition) is 1. The number of rotatable bonds is 6. The quantitative estimate of drug-likeness (QED) is 0.659. The Bertz CT molecular complexity index is 668. The number of aliphatic hydroxyl groups is 1. The maximum absolute atomic E-state index is 8.80. The molecule has 0 bridgehead atoms. The molecule has 0 aromatic heterocycles. The summed E-state index contributed by atoms with van der Waals surface area (Å²) in [7, 11) is 1.59. The van der Waals surface area contributed by atoms with Crippen molar-refractivity contribution in [1.29, 1.82) is 0 Å². The molecular formula is C19H22Cl2O2. The molecule has 0 aliphatic carbocycles. The van der Waals surface area contributed by atoms with Gasteiger partial charge in [-0.3, -0.25) is 0 Å². The van der Waals surface area contributed by atoms with Crippen LogP contribution < -0.4 is 4.74 Å². The number of halogens is 2. The molecule has 4 heteroatoms. The Balaban J connectivity index is 2.97. The standard InChI is InChI=1S/C19H22Cl2O2/c1-13(6-5-7-14(2)10-11-22)8-9-16-17(20)12-18(23-4)15(3)19(16)21/h5-10,12,22H,11H2,1-4H3/b7-5+,9-8+,13-6+,14-10+. The average molecular weight is 353 g/mol. The molecule has 1 aromatic carbocycles. The first-order valence-corrected chi connectivity index (χ1v) is 7.99. The van der Waals surface area contributed by atoms with E-state index in [-0.39, 0.29) is 6.61 Å². The van der Waals surface area contributed by atoms with Crippen LogP contribution in [0.25, 0.3) is 6.08 Å². The first-order chi connectivity index (χ1) is 10.9. The van der Waals surface area contributed by atoms with Crippen LogP contribution in [0.15, 0.2) is 47.6 Å². The zero-order valence-electron chi connectivity index (χ0n) is 13.9. The summed E-state index contributed by atoms with van der Waals surface area (Å²) in [5.41, 5.74) is 3.71.